The molecule has 0 heterocycles. The van der Waals surface area contributed by atoms with E-state index in [-0.39, 0.29) is 53.1 Å². The van der Waals surface area contributed by atoms with Crippen molar-refractivity contribution in [3.63, 3.8) is 0 Å². The molecule has 0 unspecified atom stereocenters. The van der Waals surface area contributed by atoms with Crippen LogP contribution in [-0.4, -0.2) is 5.92 Å². The van der Waals surface area contributed by atoms with E-state index < -0.39 is 0 Å². The van der Waals surface area contributed by atoms with Gasteiger partial charge in [0.05, 0.1) is 0 Å². The number of rotatable bonds is 2. The Morgan fingerprint density at radius 2 is 1.69 bits per heavy atom. The van der Waals surface area contributed by atoms with Gasteiger partial charge in [0.15, 0.2) is 0 Å². The van der Waals surface area contributed by atoms with Gasteiger partial charge < -0.3 is 0 Å². The SMILES string of the molecule is CC1=[C]([Zr][SiH](C)C)CC(C(C)(C)C)=C1.Cl.Cl. The fourth-order valence-corrected chi connectivity index (χ4v) is 11.0. The minimum absolute atomic E-state index is 0. The monoisotopic (exact) mass is 356 g/mol. The molecule has 1 aliphatic rings. The van der Waals surface area contributed by atoms with E-state index in [0.717, 1.165) is 0 Å². The van der Waals surface area contributed by atoms with E-state index in [0.29, 0.717) is 5.41 Å². The summed E-state index contributed by atoms with van der Waals surface area (Å²) < 4.78 is 1.89. The Morgan fingerprint density at radius 1 is 1.19 bits per heavy atom. The molecule has 4 heteroatoms. The minimum atomic E-state index is -0.265. The van der Waals surface area contributed by atoms with E-state index in [1.807, 2.05) is 3.28 Å². The molecule has 0 aromatic carbocycles. The average Bonchev–Trinajstić information content (AvgIpc) is 2.30. The van der Waals surface area contributed by atoms with Crippen molar-refractivity contribution in [1.29, 1.82) is 0 Å². The fourth-order valence-electron chi connectivity index (χ4n) is 1.72. The summed E-state index contributed by atoms with van der Waals surface area (Å²) in [5.41, 5.74) is 3.68. The van der Waals surface area contributed by atoms with E-state index in [4.69, 9.17) is 0 Å². The van der Waals surface area contributed by atoms with Crippen LogP contribution >= 0.6 is 24.8 Å². The molecule has 0 spiro atoms. The largest absolute Gasteiger partial charge is 0.147 e. The second kappa shape index (κ2) is 7.56. The fraction of sp³-hybridized carbons (Fsp3) is 0.667. The molecule has 0 radical (unpaired) electrons. The zero-order valence-electron chi connectivity index (χ0n) is 11.2. The third kappa shape index (κ3) is 5.67. The minimum Gasteiger partial charge on any atom is -0.147 e. The van der Waals surface area contributed by atoms with Gasteiger partial charge in [0.1, 0.15) is 0 Å². The van der Waals surface area contributed by atoms with Gasteiger partial charge in [-0.05, 0) is 0 Å². The molecule has 0 N–H and O–H groups in total. The maximum atomic E-state index is 2.52. The van der Waals surface area contributed by atoms with Crippen LogP contribution in [0.25, 0.3) is 0 Å². The predicted molar refractivity (Wildman–Crippen MR) is 78.2 cm³/mol. The molecule has 0 atom stereocenters. The molecule has 0 bridgehead atoms. The molecule has 0 nitrogen and oxygen atoms in total. The average molecular weight is 359 g/mol. The van der Waals surface area contributed by atoms with Crippen molar-refractivity contribution in [2.45, 2.75) is 47.2 Å². The van der Waals surface area contributed by atoms with Crippen LogP contribution in [0, 0.1) is 5.41 Å². The summed E-state index contributed by atoms with van der Waals surface area (Å²) in [6.07, 6.45) is 3.79. The molecule has 0 aromatic heterocycles. The van der Waals surface area contributed by atoms with Gasteiger partial charge in [-0.2, -0.15) is 0 Å². The van der Waals surface area contributed by atoms with Crippen LogP contribution in [0.3, 0.4) is 0 Å². The zero-order chi connectivity index (χ0) is 10.9. The zero-order valence-corrected chi connectivity index (χ0v) is 16.4. The first-order chi connectivity index (χ1) is 6.30. The summed E-state index contributed by atoms with van der Waals surface area (Å²) in [5, 5.41) is 0. The number of halogens is 2. The van der Waals surface area contributed by atoms with Gasteiger partial charge in [-0.3, -0.25) is 0 Å². The topological polar surface area (TPSA) is 0 Å². The summed E-state index contributed by atoms with van der Waals surface area (Å²) >= 11 is -0.129. The molecular weight excluding hydrogens is 334 g/mol. The van der Waals surface area contributed by atoms with Crippen molar-refractivity contribution in [3.8, 4) is 0 Å². The predicted octanol–water partition coefficient (Wildman–Crippen LogP) is 4.55. The summed E-state index contributed by atoms with van der Waals surface area (Å²) in [4.78, 5) is 0. The normalized spacial score (nSPS) is 15.6. The summed E-state index contributed by atoms with van der Waals surface area (Å²) in [7, 11) is 0. The molecule has 0 saturated carbocycles. The Bertz CT molecular complexity index is 288. The molecule has 0 aromatic rings. The van der Waals surface area contributed by atoms with Crippen LogP contribution in [0.5, 0.6) is 0 Å². The Labute approximate surface area is 125 Å². The Hall–Kier alpha value is 1.16. The molecule has 94 valence electrons. The third-order valence-corrected chi connectivity index (χ3v) is 11.8. The Balaban J connectivity index is 0. The van der Waals surface area contributed by atoms with Gasteiger partial charge in [0.2, 0.25) is 0 Å². The maximum absolute atomic E-state index is 2.52. The van der Waals surface area contributed by atoms with Gasteiger partial charge in [0, 0.05) is 0 Å². The van der Waals surface area contributed by atoms with Gasteiger partial charge >= 0.3 is 101 Å². The van der Waals surface area contributed by atoms with Crippen molar-refractivity contribution >= 4 is 30.7 Å². The van der Waals surface area contributed by atoms with E-state index in [9.17, 15) is 0 Å². The molecule has 16 heavy (non-hydrogen) atoms. The smallest absolute Gasteiger partial charge is 0.147 e. The van der Waals surface area contributed by atoms with Crippen LogP contribution < -0.4 is 0 Å². The third-order valence-electron chi connectivity index (χ3n) is 2.66. The van der Waals surface area contributed by atoms with Crippen LogP contribution in [0.15, 0.2) is 20.5 Å². The van der Waals surface area contributed by atoms with Crippen molar-refractivity contribution in [3.05, 3.63) is 20.5 Å². The van der Waals surface area contributed by atoms with E-state index in [1.165, 1.54) is 6.42 Å². The Morgan fingerprint density at radius 3 is 2.00 bits per heavy atom. The van der Waals surface area contributed by atoms with Crippen molar-refractivity contribution in [2.75, 3.05) is 0 Å². The first kappa shape index (κ1) is 19.5. The number of hydrogen-bond acceptors (Lipinski definition) is 0. The van der Waals surface area contributed by atoms with Crippen LogP contribution in [0.1, 0.15) is 34.1 Å². The summed E-state index contributed by atoms with van der Waals surface area (Å²) in [5.74, 6) is -0.265. The summed E-state index contributed by atoms with van der Waals surface area (Å²) in [6.45, 7) is 14.4. The molecule has 0 aliphatic heterocycles. The summed E-state index contributed by atoms with van der Waals surface area (Å²) in [6, 6.07) is 0. The first-order valence-corrected chi connectivity index (χ1v) is 13.9. The van der Waals surface area contributed by atoms with Gasteiger partial charge in [-0.15, -0.1) is 24.8 Å². The van der Waals surface area contributed by atoms with Crippen molar-refractivity contribution in [1.82, 2.24) is 0 Å². The van der Waals surface area contributed by atoms with Crippen molar-refractivity contribution < 1.29 is 22.4 Å². The van der Waals surface area contributed by atoms with E-state index in [2.05, 4.69) is 46.9 Å². The van der Waals surface area contributed by atoms with Gasteiger partial charge in [-0.1, -0.05) is 0 Å². The molecule has 1 rings (SSSR count). The molecule has 0 fully saturated rings. The second-order valence-corrected chi connectivity index (χ2v) is 20.3. The van der Waals surface area contributed by atoms with E-state index in [1.54, 1.807) is 11.1 Å². The molecule has 1 aliphatic carbocycles. The molecule has 0 amide bonds. The molecule has 0 saturated heterocycles. The van der Waals surface area contributed by atoms with Crippen LogP contribution in [-0.2, 0) is 22.4 Å². The van der Waals surface area contributed by atoms with Crippen LogP contribution in [0.2, 0.25) is 13.1 Å². The standard InChI is InChI=1S/C10H15.C2H7Si.2ClH.Zr/c1-8-5-6-9(7-8)10(2,3)4;1-3-2;;;/h7H,6H2,1-4H3;3H,1-2H3;2*1H;. The quantitative estimate of drug-likeness (QED) is 0.636. The second-order valence-electron chi connectivity index (χ2n) is 5.56. The van der Waals surface area contributed by atoms with Crippen molar-refractivity contribution in [2.24, 2.45) is 5.41 Å². The van der Waals surface area contributed by atoms with E-state index >= 15 is 0 Å². The van der Waals surface area contributed by atoms with Gasteiger partial charge in [0.25, 0.3) is 0 Å². The first-order valence-electron chi connectivity index (χ1n) is 5.48. The maximum Gasteiger partial charge on any atom is -0.147 e. The molecular formula is C12H24Cl2SiZr. The van der Waals surface area contributed by atoms with Crippen LogP contribution in [0.4, 0.5) is 0 Å². The number of allylic oxidation sites excluding steroid dienone is 4. The number of hydrogen-bond donors (Lipinski definition) is 0. The van der Waals surface area contributed by atoms with Gasteiger partial charge in [-0.25, -0.2) is 0 Å². The Kier molecular flexibility index (Phi) is 9.22.